The van der Waals surface area contributed by atoms with Gasteiger partial charge in [0.2, 0.25) is 0 Å². The van der Waals surface area contributed by atoms with E-state index < -0.39 is 18.0 Å². The zero-order valence-electron chi connectivity index (χ0n) is 12.2. The minimum absolute atomic E-state index is 0.161. The van der Waals surface area contributed by atoms with E-state index in [0.29, 0.717) is 11.0 Å². The highest BCUT2D eigenvalue weighted by atomic mass is 16.5. The molecule has 0 radical (unpaired) electrons. The average Bonchev–Trinajstić information content (AvgIpc) is 2.26. The number of aliphatic carboxylic acids is 1. The predicted molar refractivity (Wildman–Crippen MR) is 75.2 cm³/mol. The number of quaternary nitrogens is 1. The fraction of sp³-hybridized carbons (Fsp3) is 0.467. The maximum Gasteiger partial charge on any atom is 0.310 e. The van der Waals surface area contributed by atoms with E-state index >= 15 is 0 Å². The molecule has 0 saturated carbocycles. The van der Waals surface area contributed by atoms with Crippen molar-refractivity contribution >= 4 is 11.9 Å². The van der Waals surface area contributed by atoms with E-state index in [0.717, 1.165) is 5.56 Å². The van der Waals surface area contributed by atoms with Crippen LogP contribution >= 0.6 is 0 Å². The molecule has 0 aliphatic rings. The van der Waals surface area contributed by atoms with Crippen LogP contribution in [0.4, 0.5) is 0 Å². The number of hydrogen-bond acceptors (Lipinski definition) is 3. The van der Waals surface area contributed by atoms with E-state index in [1.807, 2.05) is 51.5 Å². The van der Waals surface area contributed by atoms with Gasteiger partial charge in [0.05, 0.1) is 34.0 Å². The molecule has 5 heteroatoms. The van der Waals surface area contributed by atoms with Crippen LogP contribution in [0.25, 0.3) is 0 Å². The van der Waals surface area contributed by atoms with Crippen molar-refractivity contribution in [1.82, 2.24) is 0 Å². The monoisotopic (exact) mass is 280 g/mol. The molecule has 1 aromatic rings. The molecule has 0 unspecified atom stereocenters. The lowest BCUT2D eigenvalue weighted by molar-refractivity contribution is -0.873. The number of benzene rings is 1. The number of ether oxygens (including phenoxy) is 1. The molecule has 110 valence electrons. The zero-order valence-corrected chi connectivity index (χ0v) is 12.2. The van der Waals surface area contributed by atoms with E-state index in [9.17, 15) is 9.59 Å². The van der Waals surface area contributed by atoms with Crippen LogP contribution in [-0.2, 0) is 20.7 Å². The molecule has 0 aliphatic heterocycles. The Hall–Kier alpha value is -1.88. The molecule has 0 heterocycles. The predicted octanol–water partition coefficient (Wildman–Crippen LogP) is 1.32. The van der Waals surface area contributed by atoms with Crippen LogP contribution in [0.15, 0.2) is 30.3 Å². The molecule has 0 fully saturated rings. The number of hydrogen-bond donors (Lipinski definition) is 1. The van der Waals surface area contributed by atoms with Crippen LogP contribution in [0.5, 0.6) is 0 Å². The molecule has 1 rings (SSSR count). The fourth-order valence-electron chi connectivity index (χ4n) is 1.94. The minimum Gasteiger partial charge on any atom is -0.481 e. The summed E-state index contributed by atoms with van der Waals surface area (Å²) in [5.74, 6) is -1.35. The SMILES string of the molecule is C[N+](C)(C)C[C@H](CC(=O)O)OC(=O)Cc1ccccc1. The highest BCUT2D eigenvalue weighted by molar-refractivity contribution is 5.73. The third-order valence-electron chi connectivity index (χ3n) is 2.64. The van der Waals surface area contributed by atoms with E-state index in [1.54, 1.807) is 0 Å². The number of carbonyl (C=O) groups is 2. The molecule has 0 bridgehead atoms. The largest absolute Gasteiger partial charge is 0.481 e. The van der Waals surface area contributed by atoms with Crippen LogP contribution in [-0.4, -0.2) is 55.3 Å². The summed E-state index contributed by atoms with van der Waals surface area (Å²) in [4.78, 5) is 22.7. The Bertz CT molecular complexity index is 451. The lowest BCUT2D eigenvalue weighted by Crippen LogP contribution is -2.44. The number of esters is 1. The van der Waals surface area contributed by atoms with Gasteiger partial charge in [-0.3, -0.25) is 9.59 Å². The average molecular weight is 280 g/mol. The molecule has 20 heavy (non-hydrogen) atoms. The Morgan fingerprint density at radius 1 is 1.20 bits per heavy atom. The van der Waals surface area contributed by atoms with Crippen LogP contribution in [0, 0.1) is 0 Å². The minimum atomic E-state index is -0.962. The number of rotatable bonds is 7. The van der Waals surface area contributed by atoms with Crippen LogP contribution in [0.2, 0.25) is 0 Å². The number of nitrogens with zero attached hydrogens (tertiary/aromatic N) is 1. The second-order valence-corrected chi connectivity index (χ2v) is 5.85. The highest BCUT2D eigenvalue weighted by Gasteiger charge is 2.24. The van der Waals surface area contributed by atoms with Gasteiger partial charge in [0.1, 0.15) is 6.54 Å². The van der Waals surface area contributed by atoms with Gasteiger partial charge in [0, 0.05) is 0 Å². The molecule has 0 amide bonds. The second-order valence-electron chi connectivity index (χ2n) is 5.85. The summed E-state index contributed by atoms with van der Waals surface area (Å²) in [6, 6.07) is 9.26. The van der Waals surface area contributed by atoms with E-state index in [4.69, 9.17) is 9.84 Å². The molecule has 5 nitrogen and oxygen atoms in total. The Morgan fingerprint density at radius 2 is 1.80 bits per heavy atom. The van der Waals surface area contributed by atoms with Gasteiger partial charge in [0.15, 0.2) is 6.10 Å². The molecule has 1 aromatic carbocycles. The Balaban J connectivity index is 2.59. The molecule has 1 N–H and O–H groups in total. The first kappa shape index (κ1) is 16.2. The van der Waals surface area contributed by atoms with Gasteiger partial charge in [-0.15, -0.1) is 0 Å². The first-order valence-electron chi connectivity index (χ1n) is 6.52. The number of carboxylic acid groups (broad SMARTS) is 1. The maximum atomic E-state index is 11.9. The number of carboxylic acids is 1. The van der Waals surface area contributed by atoms with Crippen molar-refractivity contribution in [2.45, 2.75) is 18.9 Å². The standard InChI is InChI=1S/C15H21NO4/c1-16(2,3)11-13(10-14(17)18)20-15(19)9-12-7-5-4-6-8-12/h4-8,13H,9-11H2,1-3H3/p+1/t13-/m0/s1. The van der Waals surface area contributed by atoms with Gasteiger partial charge in [-0.25, -0.2) is 0 Å². The van der Waals surface area contributed by atoms with Crippen LogP contribution in [0.1, 0.15) is 12.0 Å². The van der Waals surface area contributed by atoms with E-state index in [1.165, 1.54) is 0 Å². The van der Waals surface area contributed by atoms with E-state index in [-0.39, 0.29) is 12.8 Å². The molecule has 0 aromatic heterocycles. The molecule has 1 atom stereocenters. The molecular formula is C15H22NO4+. The third kappa shape index (κ3) is 6.89. The summed E-state index contributed by atoms with van der Waals surface area (Å²) >= 11 is 0. The van der Waals surface area contributed by atoms with Gasteiger partial charge in [0.25, 0.3) is 0 Å². The first-order chi connectivity index (χ1) is 9.26. The van der Waals surface area contributed by atoms with Gasteiger partial charge in [-0.1, -0.05) is 30.3 Å². The fourth-order valence-corrected chi connectivity index (χ4v) is 1.94. The summed E-state index contributed by atoms with van der Waals surface area (Å²) in [6.45, 7) is 0.465. The lowest BCUT2D eigenvalue weighted by Gasteiger charge is -2.28. The second kappa shape index (κ2) is 7.05. The zero-order chi connectivity index (χ0) is 15.2. The summed E-state index contributed by atoms with van der Waals surface area (Å²) in [7, 11) is 5.79. The van der Waals surface area contributed by atoms with Crippen LogP contribution < -0.4 is 0 Å². The molecule has 0 spiro atoms. The number of carbonyl (C=O) groups excluding carboxylic acids is 1. The van der Waals surface area contributed by atoms with Crippen molar-refractivity contribution in [2.75, 3.05) is 27.7 Å². The number of likely N-dealkylation sites (N-methyl/N-ethyl adjacent to an activating group) is 1. The van der Waals surface area contributed by atoms with Crippen LogP contribution in [0.3, 0.4) is 0 Å². The first-order valence-corrected chi connectivity index (χ1v) is 6.52. The summed E-state index contributed by atoms with van der Waals surface area (Å²) in [6.07, 6.45) is -0.617. The van der Waals surface area contributed by atoms with E-state index in [2.05, 4.69) is 0 Å². The van der Waals surface area contributed by atoms with Gasteiger partial charge < -0.3 is 14.3 Å². The van der Waals surface area contributed by atoms with Gasteiger partial charge >= 0.3 is 11.9 Å². The molecular weight excluding hydrogens is 258 g/mol. The third-order valence-corrected chi connectivity index (χ3v) is 2.64. The lowest BCUT2D eigenvalue weighted by atomic mass is 10.1. The highest BCUT2D eigenvalue weighted by Crippen LogP contribution is 2.08. The van der Waals surface area contributed by atoms with Crippen molar-refractivity contribution in [2.24, 2.45) is 0 Å². The topological polar surface area (TPSA) is 63.6 Å². The summed E-state index contributed by atoms with van der Waals surface area (Å²) in [5, 5.41) is 8.89. The summed E-state index contributed by atoms with van der Waals surface area (Å²) in [5.41, 5.74) is 0.858. The van der Waals surface area contributed by atoms with Crippen molar-refractivity contribution in [3.8, 4) is 0 Å². The van der Waals surface area contributed by atoms with Gasteiger partial charge in [-0.2, -0.15) is 0 Å². The Labute approximate surface area is 119 Å². The molecule has 0 aliphatic carbocycles. The van der Waals surface area contributed by atoms with Crippen molar-refractivity contribution < 1.29 is 23.9 Å². The quantitative estimate of drug-likeness (QED) is 0.604. The van der Waals surface area contributed by atoms with Crippen molar-refractivity contribution in [3.63, 3.8) is 0 Å². The normalized spacial score (nSPS) is 12.8. The molecule has 0 saturated heterocycles. The van der Waals surface area contributed by atoms with Crippen molar-refractivity contribution in [3.05, 3.63) is 35.9 Å². The summed E-state index contributed by atoms with van der Waals surface area (Å²) < 4.78 is 5.84. The Morgan fingerprint density at radius 3 is 2.30 bits per heavy atom. The Kier molecular flexibility index (Phi) is 5.70. The smallest absolute Gasteiger partial charge is 0.310 e. The maximum absolute atomic E-state index is 11.9. The van der Waals surface area contributed by atoms with Crippen molar-refractivity contribution in [1.29, 1.82) is 0 Å². The van der Waals surface area contributed by atoms with Gasteiger partial charge in [-0.05, 0) is 5.56 Å².